The van der Waals surface area contributed by atoms with Crippen LogP contribution in [0.15, 0.2) is 24.4 Å². The van der Waals surface area contributed by atoms with Gasteiger partial charge in [-0.15, -0.1) is 0 Å². The second-order valence-corrected chi connectivity index (χ2v) is 7.57. The van der Waals surface area contributed by atoms with Crippen molar-refractivity contribution in [2.24, 2.45) is 0 Å². The summed E-state index contributed by atoms with van der Waals surface area (Å²) in [7, 11) is 0. The monoisotopic (exact) mass is 442 g/mol. The summed E-state index contributed by atoms with van der Waals surface area (Å²) in [5.41, 5.74) is 1.44. The summed E-state index contributed by atoms with van der Waals surface area (Å²) >= 11 is 7.34. The number of para-hydroxylation sites is 1. The van der Waals surface area contributed by atoms with E-state index >= 15 is 0 Å². The molecule has 2 heterocycles. The fourth-order valence-corrected chi connectivity index (χ4v) is 3.42. The molecule has 154 valence electrons. The number of amides is 1. The zero-order valence-corrected chi connectivity index (χ0v) is 17.9. The molecule has 0 bridgehead atoms. The molecule has 11 heteroatoms. The fourth-order valence-electron chi connectivity index (χ4n) is 2.44. The number of hydrogen-bond donors (Lipinski definition) is 3. The second kappa shape index (κ2) is 9.96. The molecule has 2 aromatic heterocycles. The van der Waals surface area contributed by atoms with Crippen LogP contribution in [-0.2, 0) is 6.42 Å². The van der Waals surface area contributed by atoms with E-state index in [0.29, 0.717) is 57.8 Å². The molecule has 1 amide bonds. The number of nitrogens with zero attached hydrogens (tertiary/aromatic N) is 5. The number of nitrogens with one attached hydrogen (secondary N) is 3. The largest absolute Gasteiger partial charge is 0.353 e. The number of aromatic nitrogens is 4. The number of carbonyl (C=O) groups is 1. The Labute approximate surface area is 182 Å². The van der Waals surface area contributed by atoms with Gasteiger partial charge >= 0.3 is 0 Å². The summed E-state index contributed by atoms with van der Waals surface area (Å²) in [5.74, 6) is 0.976. The Morgan fingerprint density at radius 1 is 1.27 bits per heavy atom. The Morgan fingerprint density at radius 3 is 2.80 bits per heavy atom. The molecule has 0 unspecified atom stereocenters. The average molecular weight is 443 g/mol. The molecule has 9 nitrogen and oxygen atoms in total. The first kappa shape index (κ1) is 21.4. The van der Waals surface area contributed by atoms with Gasteiger partial charge in [0.2, 0.25) is 11.9 Å². The Hall–Kier alpha value is -3.29. The molecular formula is C19H19ClN8OS. The summed E-state index contributed by atoms with van der Waals surface area (Å²) in [6.07, 6.45) is 2.43. The number of nitriles is 1. The maximum atomic E-state index is 12.6. The summed E-state index contributed by atoms with van der Waals surface area (Å²) in [6.45, 7) is 4.24. The number of aryl methyl sites for hydroxylation is 2. The number of rotatable bonds is 8. The van der Waals surface area contributed by atoms with E-state index in [0.717, 1.165) is 5.56 Å². The SMILES string of the molecule is CCc1nc(NCCC#N)nc(Nc2ncc(C(=O)Nc3c(C)cccc3Cl)s2)n1. The summed E-state index contributed by atoms with van der Waals surface area (Å²) in [4.78, 5) is 30.1. The van der Waals surface area contributed by atoms with Gasteiger partial charge < -0.3 is 10.6 Å². The van der Waals surface area contributed by atoms with Gasteiger partial charge in [0, 0.05) is 13.0 Å². The summed E-state index contributed by atoms with van der Waals surface area (Å²) in [6, 6.07) is 7.47. The number of thiazole rings is 1. The highest BCUT2D eigenvalue weighted by Gasteiger charge is 2.15. The van der Waals surface area contributed by atoms with Crippen molar-refractivity contribution < 1.29 is 4.79 Å². The van der Waals surface area contributed by atoms with Gasteiger partial charge in [0.05, 0.1) is 29.4 Å². The molecule has 0 saturated heterocycles. The van der Waals surface area contributed by atoms with E-state index in [4.69, 9.17) is 16.9 Å². The van der Waals surface area contributed by atoms with E-state index in [1.54, 1.807) is 6.07 Å². The minimum Gasteiger partial charge on any atom is -0.353 e. The molecule has 0 aliphatic rings. The van der Waals surface area contributed by atoms with Crippen LogP contribution in [0.25, 0.3) is 0 Å². The maximum Gasteiger partial charge on any atom is 0.267 e. The molecule has 0 fully saturated rings. The number of halogens is 1. The Morgan fingerprint density at radius 2 is 2.07 bits per heavy atom. The van der Waals surface area contributed by atoms with E-state index in [1.165, 1.54) is 17.5 Å². The average Bonchev–Trinajstić information content (AvgIpc) is 3.19. The van der Waals surface area contributed by atoms with Gasteiger partial charge in [-0.1, -0.05) is 42.0 Å². The van der Waals surface area contributed by atoms with Crippen LogP contribution >= 0.6 is 22.9 Å². The van der Waals surface area contributed by atoms with Crippen molar-refractivity contribution in [3.8, 4) is 6.07 Å². The van der Waals surface area contributed by atoms with Gasteiger partial charge in [-0.25, -0.2) is 4.98 Å². The number of anilines is 4. The smallest absolute Gasteiger partial charge is 0.267 e. The minimum atomic E-state index is -0.305. The van der Waals surface area contributed by atoms with Gasteiger partial charge in [-0.2, -0.15) is 20.2 Å². The van der Waals surface area contributed by atoms with Crippen molar-refractivity contribution in [1.82, 2.24) is 19.9 Å². The van der Waals surface area contributed by atoms with Gasteiger partial charge in [0.15, 0.2) is 5.13 Å². The van der Waals surface area contributed by atoms with Gasteiger partial charge in [0.1, 0.15) is 10.7 Å². The molecule has 30 heavy (non-hydrogen) atoms. The number of carbonyl (C=O) groups excluding carboxylic acids is 1. The highest BCUT2D eigenvalue weighted by Crippen LogP contribution is 2.27. The summed E-state index contributed by atoms with van der Waals surface area (Å²) in [5, 5.41) is 18.4. The molecule has 3 rings (SSSR count). The summed E-state index contributed by atoms with van der Waals surface area (Å²) < 4.78 is 0. The normalized spacial score (nSPS) is 10.3. The molecule has 0 radical (unpaired) electrons. The Bertz CT molecular complexity index is 1070. The Balaban J connectivity index is 1.73. The first-order chi connectivity index (χ1) is 14.5. The van der Waals surface area contributed by atoms with Crippen LogP contribution in [0.3, 0.4) is 0 Å². The molecular weight excluding hydrogens is 424 g/mol. The van der Waals surface area contributed by atoms with Crippen LogP contribution < -0.4 is 16.0 Å². The molecule has 3 N–H and O–H groups in total. The van der Waals surface area contributed by atoms with Crippen LogP contribution in [0.5, 0.6) is 0 Å². The van der Waals surface area contributed by atoms with Crippen molar-refractivity contribution in [1.29, 1.82) is 5.26 Å². The highest BCUT2D eigenvalue weighted by molar-refractivity contribution is 7.17. The van der Waals surface area contributed by atoms with Gasteiger partial charge in [0.25, 0.3) is 5.91 Å². The predicted octanol–water partition coefficient (Wildman–Crippen LogP) is 4.17. The first-order valence-corrected chi connectivity index (χ1v) is 10.3. The van der Waals surface area contributed by atoms with Crippen LogP contribution in [0, 0.1) is 18.3 Å². The third-order valence-corrected chi connectivity index (χ3v) is 5.15. The van der Waals surface area contributed by atoms with Crippen molar-refractivity contribution in [2.75, 3.05) is 22.5 Å². The van der Waals surface area contributed by atoms with E-state index in [9.17, 15) is 4.79 Å². The van der Waals surface area contributed by atoms with Crippen molar-refractivity contribution in [2.45, 2.75) is 26.7 Å². The third-order valence-electron chi connectivity index (χ3n) is 3.93. The number of benzene rings is 1. The minimum absolute atomic E-state index is 0.305. The molecule has 1 aromatic carbocycles. The van der Waals surface area contributed by atoms with Crippen LogP contribution in [-0.4, -0.2) is 32.4 Å². The fraction of sp³-hybridized carbons (Fsp3) is 0.263. The highest BCUT2D eigenvalue weighted by atomic mass is 35.5. The van der Waals surface area contributed by atoms with Gasteiger partial charge in [-0.05, 0) is 18.6 Å². The molecule has 0 saturated carbocycles. The van der Waals surface area contributed by atoms with E-state index in [1.807, 2.05) is 26.0 Å². The maximum absolute atomic E-state index is 12.6. The zero-order chi connectivity index (χ0) is 21.5. The van der Waals surface area contributed by atoms with E-state index in [2.05, 4.69) is 42.0 Å². The van der Waals surface area contributed by atoms with E-state index < -0.39 is 0 Å². The lowest BCUT2D eigenvalue weighted by Crippen LogP contribution is -2.11. The van der Waals surface area contributed by atoms with Gasteiger partial charge in [-0.3, -0.25) is 10.1 Å². The molecule has 0 aliphatic heterocycles. The first-order valence-electron chi connectivity index (χ1n) is 9.15. The quantitative estimate of drug-likeness (QED) is 0.443. The molecule has 0 spiro atoms. The zero-order valence-electron chi connectivity index (χ0n) is 16.4. The molecule has 0 aliphatic carbocycles. The van der Waals surface area contributed by atoms with Crippen LogP contribution in [0.2, 0.25) is 5.02 Å². The van der Waals surface area contributed by atoms with Crippen molar-refractivity contribution in [3.05, 3.63) is 45.7 Å². The molecule has 3 aromatic rings. The Kier molecular flexibility index (Phi) is 7.11. The van der Waals surface area contributed by atoms with Crippen LogP contribution in [0.1, 0.15) is 34.4 Å². The lowest BCUT2D eigenvalue weighted by atomic mass is 10.2. The molecule has 0 atom stereocenters. The predicted molar refractivity (Wildman–Crippen MR) is 117 cm³/mol. The lowest BCUT2D eigenvalue weighted by Gasteiger charge is -2.09. The standard InChI is InChI=1S/C19H19ClN8OS/c1-3-14-24-17(22-9-5-8-21)27-18(25-14)28-19-23-10-13(30-19)16(29)26-15-11(2)6-4-7-12(15)20/h4,6-7,10H,3,5,9H2,1-2H3,(H,26,29)(H2,22,23,24,25,27,28). The number of hydrogen-bond acceptors (Lipinski definition) is 9. The lowest BCUT2D eigenvalue weighted by molar-refractivity contribution is 0.103. The van der Waals surface area contributed by atoms with Crippen LogP contribution in [0.4, 0.5) is 22.7 Å². The third kappa shape index (κ3) is 5.40. The second-order valence-electron chi connectivity index (χ2n) is 6.13. The topological polar surface area (TPSA) is 129 Å². The van der Waals surface area contributed by atoms with Crippen molar-refractivity contribution in [3.63, 3.8) is 0 Å². The van der Waals surface area contributed by atoms with Crippen molar-refractivity contribution >= 4 is 51.6 Å². The van der Waals surface area contributed by atoms with E-state index in [-0.39, 0.29) is 5.91 Å².